The molecule has 1 aromatic heterocycles. The van der Waals surface area contributed by atoms with E-state index in [1.165, 1.54) is 18.1 Å². The Hall–Kier alpha value is -1.81. The van der Waals surface area contributed by atoms with E-state index < -0.39 is 5.54 Å². The molecule has 0 amide bonds. The number of esters is 1. The minimum Gasteiger partial charge on any atom is -0.467 e. The number of nitrogens with one attached hydrogen (secondary N) is 2. The lowest BCUT2D eigenvalue weighted by molar-refractivity contribution is -0.149. The van der Waals surface area contributed by atoms with Crippen molar-refractivity contribution < 1.29 is 9.53 Å². The van der Waals surface area contributed by atoms with Gasteiger partial charge in [0.25, 0.3) is 0 Å². The Morgan fingerprint density at radius 2 is 2.21 bits per heavy atom. The second kappa shape index (κ2) is 4.38. The van der Waals surface area contributed by atoms with Crippen molar-refractivity contribution in [2.24, 2.45) is 0 Å². The predicted molar refractivity (Wildman–Crippen MR) is 74.0 cm³/mol. The molecule has 4 nitrogen and oxygen atoms in total. The lowest BCUT2D eigenvalue weighted by atomic mass is 9.84. The number of H-pyrrole nitrogens is 1. The summed E-state index contributed by atoms with van der Waals surface area (Å²) in [6.07, 6.45) is 1.59. The van der Waals surface area contributed by atoms with Crippen LogP contribution in [0.25, 0.3) is 10.9 Å². The van der Waals surface area contributed by atoms with E-state index in [-0.39, 0.29) is 5.97 Å². The van der Waals surface area contributed by atoms with Gasteiger partial charge in [-0.05, 0) is 24.5 Å². The molecule has 1 atom stereocenters. The maximum Gasteiger partial charge on any atom is 0.332 e. The van der Waals surface area contributed by atoms with Crippen molar-refractivity contribution >= 4 is 16.9 Å². The normalized spacial score (nSPS) is 22.2. The summed E-state index contributed by atoms with van der Waals surface area (Å²) in [5.41, 5.74) is 2.55. The SMILES string of the molecule is CCC1(C(=O)OC)NCCc2c1[nH]c1ccccc21. The number of methoxy groups -OCH3 is 1. The fourth-order valence-electron chi connectivity index (χ4n) is 3.11. The van der Waals surface area contributed by atoms with Crippen LogP contribution in [0.5, 0.6) is 0 Å². The quantitative estimate of drug-likeness (QED) is 0.811. The number of ether oxygens (including phenoxy) is 1. The minimum absolute atomic E-state index is 0.220. The zero-order chi connectivity index (χ0) is 13.5. The summed E-state index contributed by atoms with van der Waals surface area (Å²) in [4.78, 5) is 15.7. The number of fused-ring (bicyclic) bond motifs is 3. The van der Waals surface area contributed by atoms with E-state index in [1.54, 1.807) is 0 Å². The van der Waals surface area contributed by atoms with Gasteiger partial charge in [0.15, 0.2) is 5.54 Å². The highest BCUT2D eigenvalue weighted by molar-refractivity contribution is 5.90. The molecule has 1 aliphatic heterocycles. The number of aromatic nitrogens is 1. The van der Waals surface area contributed by atoms with Crippen LogP contribution >= 0.6 is 0 Å². The predicted octanol–water partition coefficient (Wildman–Crippen LogP) is 2.09. The van der Waals surface area contributed by atoms with Crippen molar-refractivity contribution in [3.05, 3.63) is 35.5 Å². The van der Waals surface area contributed by atoms with Crippen LogP contribution in [0.3, 0.4) is 0 Å². The van der Waals surface area contributed by atoms with Gasteiger partial charge in [-0.15, -0.1) is 0 Å². The van der Waals surface area contributed by atoms with Gasteiger partial charge in [0, 0.05) is 17.4 Å². The van der Waals surface area contributed by atoms with E-state index in [4.69, 9.17) is 4.74 Å². The first-order valence-corrected chi connectivity index (χ1v) is 6.66. The molecule has 0 saturated carbocycles. The molecular formula is C15H18N2O2. The van der Waals surface area contributed by atoms with Gasteiger partial charge in [0.2, 0.25) is 0 Å². The van der Waals surface area contributed by atoms with Gasteiger partial charge in [0.1, 0.15) is 0 Å². The number of hydrogen-bond acceptors (Lipinski definition) is 3. The zero-order valence-electron chi connectivity index (χ0n) is 11.2. The minimum atomic E-state index is -0.735. The van der Waals surface area contributed by atoms with Crippen molar-refractivity contribution in [3.63, 3.8) is 0 Å². The van der Waals surface area contributed by atoms with Gasteiger partial charge in [-0.2, -0.15) is 0 Å². The zero-order valence-corrected chi connectivity index (χ0v) is 11.2. The molecule has 1 unspecified atom stereocenters. The molecule has 0 saturated heterocycles. The highest BCUT2D eigenvalue weighted by atomic mass is 16.5. The molecule has 0 fully saturated rings. The van der Waals surface area contributed by atoms with Crippen LogP contribution in [-0.4, -0.2) is 24.6 Å². The van der Waals surface area contributed by atoms with Gasteiger partial charge >= 0.3 is 5.97 Å². The van der Waals surface area contributed by atoms with Gasteiger partial charge in [-0.25, -0.2) is 4.79 Å². The number of carbonyl (C=O) groups is 1. The van der Waals surface area contributed by atoms with Crippen molar-refractivity contribution in [2.75, 3.05) is 13.7 Å². The molecule has 1 aliphatic rings. The van der Waals surface area contributed by atoms with Gasteiger partial charge < -0.3 is 9.72 Å². The number of hydrogen-bond donors (Lipinski definition) is 2. The second-order valence-electron chi connectivity index (χ2n) is 4.95. The van der Waals surface area contributed by atoms with Crippen molar-refractivity contribution in [1.82, 2.24) is 10.3 Å². The summed E-state index contributed by atoms with van der Waals surface area (Å²) < 4.78 is 5.02. The molecule has 2 N–H and O–H groups in total. The summed E-state index contributed by atoms with van der Waals surface area (Å²) in [6, 6.07) is 8.19. The molecule has 0 bridgehead atoms. The average molecular weight is 258 g/mol. The Morgan fingerprint density at radius 3 is 2.95 bits per heavy atom. The van der Waals surface area contributed by atoms with E-state index in [0.29, 0.717) is 6.42 Å². The van der Waals surface area contributed by atoms with Crippen molar-refractivity contribution in [3.8, 4) is 0 Å². The third kappa shape index (κ3) is 1.60. The number of carbonyl (C=O) groups excluding carboxylic acids is 1. The Bertz CT molecular complexity index is 632. The first-order valence-electron chi connectivity index (χ1n) is 6.66. The Morgan fingerprint density at radius 1 is 1.42 bits per heavy atom. The van der Waals surface area contributed by atoms with Crippen molar-refractivity contribution in [2.45, 2.75) is 25.3 Å². The van der Waals surface area contributed by atoms with Crippen LogP contribution in [0.1, 0.15) is 24.6 Å². The second-order valence-corrected chi connectivity index (χ2v) is 4.95. The van der Waals surface area contributed by atoms with E-state index in [1.807, 2.05) is 25.1 Å². The van der Waals surface area contributed by atoms with Gasteiger partial charge in [0.05, 0.1) is 12.8 Å². The molecule has 3 rings (SSSR count). The summed E-state index contributed by atoms with van der Waals surface area (Å²) in [7, 11) is 1.44. The van der Waals surface area contributed by atoms with E-state index >= 15 is 0 Å². The summed E-state index contributed by atoms with van der Waals surface area (Å²) in [6.45, 7) is 2.79. The summed E-state index contributed by atoms with van der Waals surface area (Å²) in [5.74, 6) is -0.220. The Balaban J connectivity index is 2.26. The third-order valence-electron chi connectivity index (χ3n) is 4.11. The molecule has 0 radical (unpaired) electrons. The van der Waals surface area contributed by atoms with E-state index in [9.17, 15) is 4.79 Å². The molecule has 0 aliphatic carbocycles. The van der Waals surface area contributed by atoms with Crippen molar-refractivity contribution in [1.29, 1.82) is 0 Å². The highest BCUT2D eigenvalue weighted by Gasteiger charge is 2.44. The van der Waals surface area contributed by atoms with E-state index in [2.05, 4.69) is 16.4 Å². The van der Waals surface area contributed by atoms with Gasteiger partial charge in [-0.1, -0.05) is 25.1 Å². The fourth-order valence-corrected chi connectivity index (χ4v) is 3.11. The van der Waals surface area contributed by atoms with Crippen LogP contribution in [0.2, 0.25) is 0 Å². The molecular weight excluding hydrogens is 240 g/mol. The van der Waals surface area contributed by atoms with Gasteiger partial charge in [-0.3, -0.25) is 5.32 Å². The number of aromatic amines is 1. The van der Waals surface area contributed by atoms with Crippen LogP contribution < -0.4 is 5.32 Å². The third-order valence-corrected chi connectivity index (χ3v) is 4.11. The molecule has 0 spiro atoms. The van der Waals surface area contributed by atoms with Crippen LogP contribution in [0, 0.1) is 0 Å². The monoisotopic (exact) mass is 258 g/mol. The lowest BCUT2D eigenvalue weighted by Gasteiger charge is -2.34. The summed E-state index contributed by atoms with van der Waals surface area (Å²) in [5, 5.41) is 4.55. The first kappa shape index (κ1) is 12.2. The maximum absolute atomic E-state index is 12.3. The maximum atomic E-state index is 12.3. The molecule has 2 aromatic rings. The molecule has 100 valence electrons. The lowest BCUT2D eigenvalue weighted by Crippen LogP contribution is -2.53. The molecule has 19 heavy (non-hydrogen) atoms. The summed E-state index contributed by atoms with van der Waals surface area (Å²) >= 11 is 0. The average Bonchev–Trinajstić information content (AvgIpc) is 2.85. The van der Waals surface area contributed by atoms with Crippen LogP contribution in [0.15, 0.2) is 24.3 Å². The Labute approximate surface area is 112 Å². The Kier molecular flexibility index (Phi) is 2.82. The molecule has 2 heterocycles. The fraction of sp³-hybridized carbons (Fsp3) is 0.400. The number of rotatable bonds is 2. The topological polar surface area (TPSA) is 54.1 Å². The molecule has 1 aromatic carbocycles. The smallest absolute Gasteiger partial charge is 0.332 e. The largest absolute Gasteiger partial charge is 0.467 e. The highest BCUT2D eigenvalue weighted by Crippen LogP contribution is 2.36. The van der Waals surface area contributed by atoms with E-state index in [0.717, 1.165) is 24.2 Å². The number of benzene rings is 1. The molecule has 4 heteroatoms. The standard InChI is InChI=1S/C15H18N2O2/c1-3-15(14(18)19-2)13-11(8-9-16-15)10-6-4-5-7-12(10)17-13/h4-7,16-17H,3,8-9H2,1-2H3. The van der Waals surface area contributed by atoms with Crippen LogP contribution in [-0.2, 0) is 21.5 Å². The first-order chi connectivity index (χ1) is 9.23. The number of para-hydroxylation sites is 1. The van der Waals surface area contributed by atoms with Crippen LogP contribution in [0.4, 0.5) is 0 Å².